The summed E-state index contributed by atoms with van der Waals surface area (Å²) in [5, 5.41) is 21.7. The van der Waals surface area contributed by atoms with E-state index in [4.69, 9.17) is 28.3 Å². The maximum Gasteiger partial charge on any atom is 0.339 e. The lowest BCUT2D eigenvalue weighted by Crippen LogP contribution is -2.12. The minimum atomic E-state index is -1.26. The minimum absolute atomic E-state index is 0.250. The fourth-order valence-electron chi connectivity index (χ4n) is 1.77. The monoisotopic (exact) mass is 339 g/mol. The van der Waals surface area contributed by atoms with Gasteiger partial charge in [0.25, 0.3) is 5.91 Å². The van der Waals surface area contributed by atoms with Gasteiger partial charge in [-0.2, -0.15) is 0 Å². The number of rotatable bonds is 3. The predicted octanol–water partition coefficient (Wildman–Crippen LogP) is 3.96. The molecule has 114 valence electrons. The summed E-state index contributed by atoms with van der Waals surface area (Å²) in [5.74, 6) is -2.18. The maximum absolute atomic E-state index is 12.1. The summed E-state index contributed by atoms with van der Waals surface area (Å²) in [6, 6.07) is 6.67. The molecule has 0 spiro atoms. The van der Waals surface area contributed by atoms with E-state index in [-0.39, 0.29) is 16.8 Å². The third kappa shape index (κ3) is 3.32. The van der Waals surface area contributed by atoms with E-state index in [0.717, 1.165) is 6.07 Å². The highest BCUT2D eigenvalue weighted by Gasteiger charge is 2.13. The van der Waals surface area contributed by atoms with Gasteiger partial charge in [0.1, 0.15) is 11.3 Å². The first-order valence-electron chi connectivity index (χ1n) is 6.13. The number of carboxylic acids is 1. The average molecular weight is 340 g/mol. The average Bonchev–Trinajstić information content (AvgIpc) is 2.43. The van der Waals surface area contributed by atoms with Crippen LogP contribution in [-0.4, -0.2) is 22.1 Å². The second-order valence-electron chi connectivity index (χ2n) is 4.56. The van der Waals surface area contributed by atoms with E-state index in [1.807, 2.05) is 0 Å². The van der Waals surface area contributed by atoms with E-state index in [0.29, 0.717) is 15.6 Å². The highest BCUT2D eigenvalue weighted by Crippen LogP contribution is 2.27. The van der Waals surface area contributed by atoms with Crippen LogP contribution in [-0.2, 0) is 0 Å². The SMILES string of the molecule is Cc1c(Cl)cc(C(=O)Nc2ccc(C(=O)O)c(O)c2)cc1Cl. The number of amides is 1. The predicted molar refractivity (Wildman–Crippen MR) is 84.2 cm³/mol. The molecule has 2 aromatic carbocycles. The van der Waals surface area contributed by atoms with Crippen LogP contribution in [0, 0.1) is 6.92 Å². The van der Waals surface area contributed by atoms with Gasteiger partial charge in [-0.15, -0.1) is 0 Å². The van der Waals surface area contributed by atoms with Crippen LogP contribution in [0.1, 0.15) is 26.3 Å². The molecule has 0 unspecified atom stereocenters. The zero-order valence-electron chi connectivity index (χ0n) is 11.4. The molecule has 3 N–H and O–H groups in total. The number of nitrogens with one attached hydrogen (secondary N) is 1. The van der Waals surface area contributed by atoms with E-state index in [9.17, 15) is 14.7 Å². The zero-order chi connectivity index (χ0) is 16.4. The van der Waals surface area contributed by atoms with Crippen LogP contribution in [0.5, 0.6) is 5.75 Å². The van der Waals surface area contributed by atoms with Crippen LogP contribution in [0.15, 0.2) is 30.3 Å². The fourth-order valence-corrected chi connectivity index (χ4v) is 2.26. The first-order valence-corrected chi connectivity index (χ1v) is 6.88. The molecular weight excluding hydrogens is 329 g/mol. The Morgan fingerprint density at radius 1 is 1.09 bits per heavy atom. The lowest BCUT2D eigenvalue weighted by Gasteiger charge is -2.09. The van der Waals surface area contributed by atoms with Crippen LogP contribution in [0.4, 0.5) is 5.69 Å². The molecule has 0 saturated carbocycles. The lowest BCUT2D eigenvalue weighted by molar-refractivity contribution is 0.0693. The summed E-state index contributed by atoms with van der Waals surface area (Å²) in [6.45, 7) is 1.73. The van der Waals surface area contributed by atoms with Gasteiger partial charge in [-0.3, -0.25) is 4.79 Å². The number of anilines is 1. The van der Waals surface area contributed by atoms with Gasteiger partial charge in [0, 0.05) is 27.4 Å². The van der Waals surface area contributed by atoms with Crippen molar-refractivity contribution in [2.75, 3.05) is 5.32 Å². The van der Waals surface area contributed by atoms with Gasteiger partial charge in [-0.25, -0.2) is 4.79 Å². The number of benzene rings is 2. The fraction of sp³-hybridized carbons (Fsp3) is 0.0667. The molecule has 0 fully saturated rings. The topological polar surface area (TPSA) is 86.6 Å². The Hall–Kier alpha value is -2.24. The second kappa shape index (κ2) is 6.25. The molecule has 0 radical (unpaired) electrons. The van der Waals surface area contributed by atoms with Crippen molar-refractivity contribution in [2.24, 2.45) is 0 Å². The van der Waals surface area contributed by atoms with E-state index in [1.54, 1.807) is 6.92 Å². The van der Waals surface area contributed by atoms with Crippen molar-refractivity contribution < 1.29 is 19.8 Å². The number of hydrogen-bond acceptors (Lipinski definition) is 3. The van der Waals surface area contributed by atoms with Crippen molar-refractivity contribution in [3.05, 3.63) is 57.1 Å². The molecule has 0 heterocycles. The Morgan fingerprint density at radius 2 is 1.68 bits per heavy atom. The van der Waals surface area contributed by atoms with Crippen LogP contribution < -0.4 is 5.32 Å². The molecule has 7 heteroatoms. The number of carbonyl (C=O) groups excluding carboxylic acids is 1. The highest BCUT2D eigenvalue weighted by molar-refractivity contribution is 6.36. The molecule has 2 aromatic rings. The van der Waals surface area contributed by atoms with E-state index in [1.165, 1.54) is 24.3 Å². The Bertz CT molecular complexity index is 751. The first kappa shape index (κ1) is 16.1. The number of halogens is 2. The van der Waals surface area contributed by atoms with Crippen LogP contribution in [0.2, 0.25) is 10.0 Å². The van der Waals surface area contributed by atoms with Gasteiger partial charge in [0.15, 0.2) is 0 Å². The normalized spacial score (nSPS) is 10.3. The van der Waals surface area contributed by atoms with Crippen molar-refractivity contribution >= 4 is 40.8 Å². The molecule has 0 aliphatic heterocycles. The summed E-state index contributed by atoms with van der Waals surface area (Å²) in [6.07, 6.45) is 0. The van der Waals surface area contributed by atoms with E-state index >= 15 is 0 Å². The van der Waals surface area contributed by atoms with Gasteiger partial charge in [-0.05, 0) is 36.8 Å². The van der Waals surface area contributed by atoms with Crippen molar-refractivity contribution in [3.63, 3.8) is 0 Å². The molecule has 5 nitrogen and oxygen atoms in total. The third-order valence-electron chi connectivity index (χ3n) is 3.03. The number of aromatic carboxylic acids is 1. The number of carbonyl (C=O) groups is 2. The van der Waals surface area contributed by atoms with Gasteiger partial charge >= 0.3 is 5.97 Å². The quantitative estimate of drug-likeness (QED) is 0.789. The molecule has 0 bridgehead atoms. The van der Waals surface area contributed by atoms with Crippen molar-refractivity contribution in [1.29, 1.82) is 0 Å². The number of carboxylic acid groups (broad SMARTS) is 1. The molecule has 0 saturated heterocycles. The van der Waals surface area contributed by atoms with E-state index < -0.39 is 17.6 Å². The van der Waals surface area contributed by atoms with Gasteiger partial charge in [0.2, 0.25) is 0 Å². The molecule has 2 rings (SSSR count). The Labute approximate surface area is 136 Å². The maximum atomic E-state index is 12.1. The highest BCUT2D eigenvalue weighted by atomic mass is 35.5. The van der Waals surface area contributed by atoms with Crippen LogP contribution >= 0.6 is 23.2 Å². The van der Waals surface area contributed by atoms with Crippen molar-refractivity contribution in [2.45, 2.75) is 6.92 Å². The number of hydrogen-bond donors (Lipinski definition) is 3. The van der Waals surface area contributed by atoms with Crippen molar-refractivity contribution in [3.8, 4) is 5.75 Å². The second-order valence-corrected chi connectivity index (χ2v) is 5.37. The van der Waals surface area contributed by atoms with Gasteiger partial charge < -0.3 is 15.5 Å². The molecule has 0 aliphatic carbocycles. The standard InChI is InChI=1S/C15H11Cl2NO4/c1-7-11(16)4-8(5-12(7)17)14(20)18-9-2-3-10(15(21)22)13(19)6-9/h2-6,19H,1H3,(H,18,20)(H,21,22). The van der Waals surface area contributed by atoms with Crippen LogP contribution in [0.3, 0.4) is 0 Å². The van der Waals surface area contributed by atoms with Gasteiger partial charge in [0.05, 0.1) is 0 Å². The molecule has 0 atom stereocenters. The molecular formula is C15H11Cl2NO4. The number of aromatic hydroxyl groups is 1. The summed E-state index contributed by atoms with van der Waals surface area (Å²) in [4.78, 5) is 22.9. The summed E-state index contributed by atoms with van der Waals surface area (Å²) < 4.78 is 0. The Kier molecular flexibility index (Phi) is 4.59. The minimum Gasteiger partial charge on any atom is -0.507 e. The summed E-state index contributed by atoms with van der Waals surface area (Å²) >= 11 is 12.0. The molecule has 1 amide bonds. The lowest BCUT2D eigenvalue weighted by atomic mass is 10.1. The smallest absolute Gasteiger partial charge is 0.339 e. The van der Waals surface area contributed by atoms with Gasteiger partial charge in [-0.1, -0.05) is 23.2 Å². The molecule has 0 aliphatic rings. The Balaban J connectivity index is 2.26. The molecule has 0 aromatic heterocycles. The largest absolute Gasteiger partial charge is 0.507 e. The third-order valence-corrected chi connectivity index (χ3v) is 3.81. The van der Waals surface area contributed by atoms with E-state index in [2.05, 4.69) is 5.32 Å². The first-order chi connectivity index (χ1) is 10.3. The summed E-state index contributed by atoms with van der Waals surface area (Å²) in [7, 11) is 0. The van der Waals surface area contributed by atoms with Crippen LogP contribution in [0.25, 0.3) is 0 Å². The Morgan fingerprint density at radius 3 is 2.18 bits per heavy atom. The number of phenols is 1. The zero-order valence-corrected chi connectivity index (χ0v) is 12.9. The van der Waals surface area contributed by atoms with Crippen molar-refractivity contribution in [1.82, 2.24) is 0 Å². The molecule has 22 heavy (non-hydrogen) atoms. The summed E-state index contributed by atoms with van der Waals surface area (Å²) in [5.41, 5.74) is 0.922.